The average Bonchev–Trinajstić information content (AvgIpc) is 3.10. The van der Waals surface area contributed by atoms with Gasteiger partial charge in [0.15, 0.2) is 0 Å². The molecule has 122 valence electrons. The number of fused-ring (bicyclic) bond motifs is 1. The molecule has 1 heterocycles. The Kier molecular flexibility index (Phi) is 4.66. The summed E-state index contributed by atoms with van der Waals surface area (Å²) in [4.78, 5) is 24.8. The summed E-state index contributed by atoms with van der Waals surface area (Å²) < 4.78 is 0. The zero-order chi connectivity index (χ0) is 16.9. The van der Waals surface area contributed by atoms with Crippen molar-refractivity contribution in [3.63, 3.8) is 0 Å². The van der Waals surface area contributed by atoms with E-state index in [0.717, 1.165) is 22.9 Å². The third-order valence-electron chi connectivity index (χ3n) is 4.07. The Hall–Kier alpha value is -3.00. The SMILES string of the molecule is C#CCCC(=O)N1CCCN1C(=O)Nc1cccc2ccccc12. The summed E-state index contributed by atoms with van der Waals surface area (Å²) in [6.07, 6.45) is 6.62. The van der Waals surface area contributed by atoms with Crippen molar-refractivity contribution in [1.29, 1.82) is 0 Å². The summed E-state index contributed by atoms with van der Waals surface area (Å²) in [6, 6.07) is 13.3. The van der Waals surface area contributed by atoms with Gasteiger partial charge < -0.3 is 5.32 Å². The Morgan fingerprint density at radius 3 is 2.67 bits per heavy atom. The highest BCUT2D eigenvalue weighted by molar-refractivity contribution is 6.01. The molecule has 1 saturated heterocycles. The average molecular weight is 321 g/mol. The fourth-order valence-corrected chi connectivity index (χ4v) is 2.90. The van der Waals surface area contributed by atoms with Crippen molar-refractivity contribution in [1.82, 2.24) is 10.0 Å². The van der Waals surface area contributed by atoms with Crippen LogP contribution in [0.1, 0.15) is 19.3 Å². The van der Waals surface area contributed by atoms with Crippen LogP contribution >= 0.6 is 0 Å². The van der Waals surface area contributed by atoms with Crippen molar-refractivity contribution in [2.24, 2.45) is 0 Å². The molecule has 2 aromatic rings. The van der Waals surface area contributed by atoms with E-state index in [1.807, 2.05) is 42.5 Å². The molecule has 1 fully saturated rings. The van der Waals surface area contributed by atoms with Gasteiger partial charge >= 0.3 is 6.03 Å². The second-order valence-electron chi connectivity index (χ2n) is 5.65. The Labute approximate surface area is 141 Å². The Balaban J connectivity index is 1.76. The zero-order valence-corrected chi connectivity index (χ0v) is 13.4. The van der Waals surface area contributed by atoms with Crippen LogP contribution in [0.5, 0.6) is 0 Å². The zero-order valence-electron chi connectivity index (χ0n) is 13.4. The molecule has 5 heteroatoms. The van der Waals surface area contributed by atoms with Gasteiger partial charge in [0, 0.05) is 31.3 Å². The fourth-order valence-electron chi connectivity index (χ4n) is 2.90. The first-order valence-corrected chi connectivity index (χ1v) is 8.01. The maximum atomic E-state index is 12.6. The van der Waals surface area contributed by atoms with Crippen LogP contribution in [-0.2, 0) is 4.79 Å². The lowest BCUT2D eigenvalue weighted by molar-refractivity contribution is -0.139. The molecule has 0 saturated carbocycles. The lowest BCUT2D eigenvalue weighted by Crippen LogP contribution is -2.46. The van der Waals surface area contributed by atoms with Crippen LogP contribution in [0.2, 0.25) is 0 Å². The first-order valence-electron chi connectivity index (χ1n) is 8.01. The van der Waals surface area contributed by atoms with Crippen molar-refractivity contribution in [2.75, 3.05) is 18.4 Å². The van der Waals surface area contributed by atoms with Crippen LogP contribution in [0, 0.1) is 12.3 Å². The van der Waals surface area contributed by atoms with Crippen LogP contribution in [0.15, 0.2) is 42.5 Å². The van der Waals surface area contributed by atoms with Crippen molar-refractivity contribution in [3.05, 3.63) is 42.5 Å². The molecule has 0 radical (unpaired) electrons. The van der Waals surface area contributed by atoms with E-state index >= 15 is 0 Å². The van der Waals surface area contributed by atoms with Gasteiger partial charge in [0.25, 0.3) is 0 Å². The Morgan fingerprint density at radius 1 is 1.08 bits per heavy atom. The second-order valence-corrected chi connectivity index (χ2v) is 5.65. The topological polar surface area (TPSA) is 52.7 Å². The number of urea groups is 1. The molecule has 3 amide bonds. The van der Waals surface area contributed by atoms with Gasteiger partial charge in [-0.2, -0.15) is 0 Å². The highest BCUT2D eigenvalue weighted by Gasteiger charge is 2.30. The lowest BCUT2D eigenvalue weighted by atomic mass is 10.1. The van der Waals surface area contributed by atoms with Crippen LogP contribution in [0.4, 0.5) is 10.5 Å². The van der Waals surface area contributed by atoms with E-state index in [1.54, 1.807) is 0 Å². The highest BCUT2D eigenvalue weighted by atomic mass is 16.2. The molecule has 1 N–H and O–H groups in total. The first kappa shape index (κ1) is 15.9. The number of nitrogens with zero attached hydrogens (tertiary/aromatic N) is 2. The molecule has 5 nitrogen and oxygen atoms in total. The quantitative estimate of drug-likeness (QED) is 0.883. The number of carbonyl (C=O) groups is 2. The molecule has 24 heavy (non-hydrogen) atoms. The van der Waals surface area contributed by atoms with Gasteiger partial charge in [-0.1, -0.05) is 36.4 Å². The van der Waals surface area contributed by atoms with E-state index in [9.17, 15) is 9.59 Å². The van der Waals surface area contributed by atoms with Gasteiger partial charge in [-0.15, -0.1) is 12.3 Å². The Morgan fingerprint density at radius 2 is 1.83 bits per heavy atom. The molecule has 3 rings (SSSR count). The number of hydrogen-bond donors (Lipinski definition) is 1. The molecular formula is C19H19N3O2. The van der Waals surface area contributed by atoms with Crippen LogP contribution in [0.25, 0.3) is 10.8 Å². The van der Waals surface area contributed by atoms with Crippen molar-refractivity contribution >= 4 is 28.4 Å². The van der Waals surface area contributed by atoms with Gasteiger partial charge in [-0.05, 0) is 17.9 Å². The van der Waals surface area contributed by atoms with Crippen molar-refractivity contribution in [3.8, 4) is 12.3 Å². The van der Waals surface area contributed by atoms with E-state index in [2.05, 4.69) is 11.2 Å². The van der Waals surface area contributed by atoms with Crippen LogP contribution in [-0.4, -0.2) is 35.0 Å². The Bertz CT molecular complexity index is 804. The largest absolute Gasteiger partial charge is 0.340 e. The molecule has 0 bridgehead atoms. The molecule has 0 aliphatic carbocycles. The molecular weight excluding hydrogens is 302 g/mol. The normalized spacial score (nSPS) is 13.8. The number of amides is 3. The minimum Gasteiger partial charge on any atom is -0.306 e. The standard InChI is InChI=1S/C19H19N3O2/c1-2-3-12-18(23)21-13-7-14-22(21)19(24)20-17-11-6-9-15-8-4-5-10-16(15)17/h1,4-6,8-11H,3,7,12-14H2,(H,20,24). The number of nitrogens with one attached hydrogen (secondary N) is 1. The van der Waals surface area contributed by atoms with Gasteiger partial charge in [-0.25, -0.2) is 14.8 Å². The van der Waals surface area contributed by atoms with E-state index in [0.29, 0.717) is 19.5 Å². The number of terminal acetylenes is 1. The third kappa shape index (κ3) is 3.18. The summed E-state index contributed by atoms with van der Waals surface area (Å²) >= 11 is 0. The van der Waals surface area contributed by atoms with E-state index < -0.39 is 0 Å². The number of rotatable bonds is 3. The highest BCUT2D eigenvalue weighted by Crippen LogP contribution is 2.24. The van der Waals surface area contributed by atoms with Crippen molar-refractivity contribution < 1.29 is 9.59 Å². The molecule has 1 aliphatic heterocycles. The summed E-state index contributed by atoms with van der Waals surface area (Å²) in [5.74, 6) is 2.35. The van der Waals surface area contributed by atoms with E-state index in [-0.39, 0.29) is 18.4 Å². The van der Waals surface area contributed by atoms with Gasteiger partial charge in [0.2, 0.25) is 5.91 Å². The van der Waals surface area contributed by atoms with Gasteiger partial charge in [0.05, 0.1) is 5.69 Å². The monoisotopic (exact) mass is 321 g/mol. The molecule has 0 unspecified atom stereocenters. The predicted octanol–water partition coefficient (Wildman–Crippen LogP) is 3.23. The van der Waals surface area contributed by atoms with Crippen LogP contribution in [0.3, 0.4) is 0 Å². The summed E-state index contributed by atoms with van der Waals surface area (Å²) in [5.41, 5.74) is 0.737. The minimum absolute atomic E-state index is 0.112. The molecule has 0 spiro atoms. The number of hydrazine groups is 1. The lowest BCUT2D eigenvalue weighted by Gasteiger charge is -2.28. The van der Waals surface area contributed by atoms with E-state index in [1.165, 1.54) is 10.0 Å². The summed E-state index contributed by atoms with van der Waals surface area (Å²) in [5, 5.41) is 7.92. The fraction of sp³-hybridized carbons (Fsp3) is 0.263. The van der Waals surface area contributed by atoms with E-state index in [4.69, 9.17) is 6.42 Å². The molecule has 0 atom stereocenters. The van der Waals surface area contributed by atoms with Gasteiger partial charge in [-0.3, -0.25) is 4.79 Å². The number of hydrogen-bond acceptors (Lipinski definition) is 2. The third-order valence-corrected chi connectivity index (χ3v) is 4.07. The van der Waals surface area contributed by atoms with Crippen molar-refractivity contribution in [2.45, 2.75) is 19.3 Å². The predicted molar refractivity (Wildman–Crippen MR) is 94.1 cm³/mol. The van der Waals surface area contributed by atoms with Crippen LogP contribution < -0.4 is 5.32 Å². The molecule has 2 aromatic carbocycles. The number of carbonyl (C=O) groups excluding carboxylic acids is 2. The maximum Gasteiger partial charge on any atom is 0.340 e. The van der Waals surface area contributed by atoms with Gasteiger partial charge in [0.1, 0.15) is 0 Å². The first-order chi connectivity index (χ1) is 11.7. The number of benzene rings is 2. The number of anilines is 1. The second kappa shape index (κ2) is 7.05. The summed E-state index contributed by atoms with van der Waals surface area (Å²) in [6.45, 7) is 1.07. The molecule has 0 aromatic heterocycles. The minimum atomic E-state index is -0.294. The summed E-state index contributed by atoms with van der Waals surface area (Å²) in [7, 11) is 0. The maximum absolute atomic E-state index is 12.6. The smallest absolute Gasteiger partial charge is 0.306 e. The molecule has 1 aliphatic rings.